The van der Waals surface area contributed by atoms with Gasteiger partial charge in [0.2, 0.25) is 10.0 Å². The Morgan fingerprint density at radius 1 is 1.16 bits per heavy atom. The summed E-state index contributed by atoms with van der Waals surface area (Å²) in [6, 6.07) is 11.0. The number of nitro groups is 1. The third-order valence-corrected chi connectivity index (χ3v) is 6.86. The maximum Gasteiger partial charge on any atom is 0.270 e. The Kier molecular flexibility index (Phi) is 5.48. The van der Waals surface area contributed by atoms with Crippen molar-refractivity contribution in [3.05, 3.63) is 64.7 Å². The highest BCUT2D eigenvalue weighted by atomic mass is 32.2. The molecule has 0 saturated heterocycles. The molecule has 0 atom stereocenters. The largest absolute Gasteiger partial charge is 0.327 e. The Bertz CT molecular complexity index is 1420. The number of fused-ring (bicyclic) bond motifs is 1. The van der Waals surface area contributed by atoms with Crippen molar-refractivity contribution < 1.29 is 13.3 Å². The topological polar surface area (TPSA) is 129 Å². The molecule has 0 unspecified atom stereocenters. The summed E-state index contributed by atoms with van der Waals surface area (Å²) in [5.41, 5.74) is 1.90. The lowest BCUT2D eigenvalue weighted by Gasteiger charge is -2.11. The summed E-state index contributed by atoms with van der Waals surface area (Å²) in [4.78, 5) is 19.6. The lowest BCUT2D eigenvalue weighted by molar-refractivity contribution is -0.384. The van der Waals surface area contributed by atoms with E-state index in [-0.39, 0.29) is 10.6 Å². The van der Waals surface area contributed by atoms with Gasteiger partial charge in [-0.3, -0.25) is 10.1 Å². The molecule has 0 fully saturated rings. The fourth-order valence-corrected chi connectivity index (χ4v) is 4.33. The van der Waals surface area contributed by atoms with Gasteiger partial charge in [-0.15, -0.1) is 0 Å². The van der Waals surface area contributed by atoms with Crippen LogP contribution in [-0.4, -0.2) is 56.1 Å². The van der Waals surface area contributed by atoms with Crippen LogP contribution in [0.3, 0.4) is 0 Å². The Hall–Kier alpha value is -3.64. The molecule has 0 aliphatic carbocycles. The molecule has 166 valence electrons. The molecule has 2 aromatic carbocycles. The van der Waals surface area contributed by atoms with Crippen LogP contribution in [0.4, 0.5) is 5.69 Å². The second-order valence-electron chi connectivity index (χ2n) is 7.28. The molecule has 0 N–H and O–H groups in total. The molecule has 12 heteroatoms. The number of benzene rings is 2. The van der Waals surface area contributed by atoms with Gasteiger partial charge in [0.1, 0.15) is 18.7 Å². The zero-order chi connectivity index (χ0) is 23.0. The Balaban J connectivity index is 1.68. The van der Waals surface area contributed by atoms with Crippen molar-refractivity contribution in [1.82, 2.24) is 28.6 Å². The molecule has 4 rings (SSSR count). The van der Waals surface area contributed by atoms with Crippen LogP contribution in [0.25, 0.3) is 22.4 Å². The smallest absolute Gasteiger partial charge is 0.270 e. The zero-order valence-corrected chi connectivity index (χ0v) is 18.5. The number of hydrogen-bond donors (Lipinski definition) is 0. The van der Waals surface area contributed by atoms with Crippen LogP contribution >= 0.6 is 0 Å². The van der Waals surface area contributed by atoms with Crippen LogP contribution in [0.15, 0.2) is 53.7 Å². The van der Waals surface area contributed by atoms with Gasteiger partial charge in [0.25, 0.3) is 5.69 Å². The van der Waals surface area contributed by atoms with Gasteiger partial charge in [0.15, 0.2) is 5.82 Å². The van der Waals surface area contributed by atoms with Gasteiger partial charge in [-0.2, -0.15) is 5.10 Å². The van der Waals surface area contributed by atoms with Crippen molar-refractivity contribution in [2.45, 2.75) is 24.9 Å². The minimum Gasteiger partial charge on any atom is -0.327 e. The van der Waals surface area contributed by atoms with Gasteiger partial charge in [0.05, 0.1) is 20.9 Å². The Morgan fingerprint density at radius 2 is 1.94 bits per heavy atom. The molecular formula is C20H21N7O4S. The zero-order valence-electron chi connectivity index (χ0n) is 17.7. The molecule has 0 radical (unpaired) electrons. The maximum atomic E-state index is 12.5. The molecule has 0 spiro atoms. The van der Waals surface area contributed by atoms with Crippen LogP contribution in [0.2, 0.25) is 0 Å². The number of imidazole rings is 1. The van der Waals surface area contributed by atoms with E-state index in [1.54, 1.807) is 35.0 Å². The molecule has 2 aromatic heterocycles. The van der Waals surface area contributed by atoms with Crippen molar-refractivity contribution in [3.63, 3.8) is 0 Å². The van der Waals surface area contributed by atoms with E-state index in [2.05, 4.69) is 15.1 Å². The third kappa shape index (κ3) is 3.85. The number of hydrogen-bond acceptors (Lipinski definition) is 7. The molecule has 4 aromatic rings. The molecule has 2 heterocycles. The highest BCUT2D eigenvalue weighted by Gasteiger charge is 2.20. The molecule has 32 heavy (non-hydrogen) atoms. The van der Waals surface area contributed by atoms with E-state index >= 15 is 0 Å². The van der Waals surface area contributed by atoms with Gasteiger partial charge >= 0.3 is 0 Å². The minimum atomic E-state index is -3.57. The monoisotopic (exact) mass is 455 g/mol. The number of rotatable bonds is 7. The fourth-order valence-electron chi connectivity index (χ4n) is 3.41. The van der Waals surface area contributed by atoms with E-state index < -0.39 is 14.9 Å². The van der Waals surface area contributed by atoms with E-state index in [4.69, 9.17) is 0 Å². The van der Waals surface area contributed by atoms with Crippen molar-refractivity contribution in [1.29, 1.82) is 0 Å². The first-order chi connectivity index (χ1) is 15.2. The Labute approximate surface area is 184 Å². The molecule has 0 aliphatic rings. The number of aromatic nitrogens is 5. The van der Waals surface area contributed by atoms with E-state index in [0.717, 1.165) is 9.82 Å². The summed E-state index contributed by atoms with van der Waals surface area (Å²) in [5.74, 6) is 1.06. The van der Waals surface area contributed by atoms with E-state index in [1.165, 1.54) is 32.6 Å². The summed E-state index contributed by atoms with van der Waals surface area (Å²) in [6.45, 7) is 2.92. The summed E-state index contributed by atoms with van der Waals surface area (Å²) < 4.78 is 29.7. The third-order valence-electron chi connectivity index (χ3n) is 5.05. The van der Waals surface area contributed by atoms with E-state index in [9.17, 15) is 18.5 Å². The second-order valence-corrected chi connectivity index (χ2v) is 9.44. The summed E-state index contributed by atoms with van der Waals surface area (Å²) in [6.07, 6.45) is 1.54. The first-order valence-electron chi connectivity index (χ1n) is 9.76. The van der Waals surface area contributed by atoms with Crippen molar-refractivity contribution >= 4 is 26.7 Å². The number of sulfonamides is 1. The van der Waals surface area contributed by atoms with Crippen molar-refractivity contribution in [2.75, 3.05) is 14.1 Å². The van der Waals surface area contributed by atoms with Gasteiger partial charge in [-0.1, -0.05) is 12.1 Å². The van der Waals surface area contributed by atoms with Crippen molar-refractivity contribution in [2.24, 2.45) is 0 Å². The van der Waals surface area contributed by atoms with Crippen LogP contribution < -0.4 is 0 Å². The van der Waals surface area contributed by atoms with Gasteiger partial charge in [-0.05, 0) is 25.1 Å². The van der Waals surface area contributed by atoms with Crippen LogP contribution in [-0.2, 0) is 23.1 Å². The molecular weight excluding hydrogens is 434 g/mol. The highest BCUT2D eigenvalue weighted by molar-refractivity contribution is 7.89. The molecule has 0 bridgehead atoms. The average Bonchev–Trinajstić information content (AvgIpc) is 3.37. The van der Waals surface area contributed by atoms with Crippen LogP contribution in [0.5, 0.6) is 0 Å². The highest BCUT2D eigenvalue weighted by Crippen LogP contribution is 2.23. The summed E-state index contributed by atoms with van der Waals surface area (Å²) in [5, 5.41) is 15.4. The minimum absolute atomic E-state index is 0.0323. The number of nitro benzene ring substituents is 1. The van der Waals surface area contributed by atoms with Gasteiger partial charge in [0, 0.05) is 38.3 Å². The van der Waals surface area contributed by atoms with Gasteiger partial charge in [-0.25, -0.2) is 27.4 Å². The standard InChI is InChI=1S/C20H21N7O4S/c1-4-26-18-9-8-16(32(30,31)24(2)3)11-17(18)22-19(26)12-25-13-21-20(23-25)14-6-5-7-15(10-14)27(28)29/h5-11,13H,4,12H2,1-3H3. The first-order valence-corrected chi connectivity index (χ1v) is 11.2. The lowest BCUT2D eigenvalue weighted by atomic mass is 10.2. The first kappa shape index (κ1) is 21.6. The molecule has 0 aliphatic heterocycles. The lowest BCUT2D eigenvalue weighted by Crippen LogP contribution is -2.22. The number of aryl methyl sites for hydroxylation is 1. The van der Waals surface area contributed by atoms with Crippen LogP contribution in [0.1, 0.15) is 12.7 Å². The molecule has 0 saturated carbocycles. The van der Waals surface area contributed by atoms with Crippen LogP contribution in [0, 0.1) is 10.1 Å². The number of non-ortho nitro benzene ring substituents is 1. The average molecular weight is 456 g/mol. The molecule has 11 nitrogen and oxygen atoms in total. The van der Waals surface area contributed by atoms with E-state index in [0.29, 0.717) is 35.8 Å². The predicted molar refractivity (Wildman–Crippen MR) is 117 cm³/mol. The van der Waals surface area contributed by atoms with E-state index in [1.807, 2.05) is 11.5 Å². The maximum absolute atomic E-state index is 12.5. The fraction of sp³-hybridized carbons (Fsp3) is 0.250. The van der Waals surface area contributed by atoms with Crippen molar-refractivity contribution in [3.8, 4) is 11.4 Å². The SMILES string of the molecule is CCn1c(Cn2cnc(-c3cccc([N+](=O)[O-])c3)n2)nc2cc(S(=O)(=O)N(C)C)ccc21. The molecule has 0 amide bonds. The van der Waals surface area contributed by atoms with Gasteiger partial charge < -0.3 is 4.57 Å². The quantitative estimate of drug-likeness (QED) is 0.309. The predicted octanol–water partition coefficient (Wildman–Crippen LogP) is 2.52. The second kappa shape index (κ2) is 8.13. The normalized spacial score (nSPS) is 12.0. The number of nitrogens with zero attached hydrogens (tertiary/aromatic N) is 7. The Morgan fingerprint density at radius 3 is 2.62 bits per heavy atom. The summed E-state index contributed by atoms with van der Waals surface area (Å²) in [7, 11) is -0.595. The summed E-state index contributed by atoms with van der Waals surface area (Å²) >= 11 is 0.